The normalized spacial score (nSPS) is 21.0. The summed E-state index contributed by atoms with van der Waals surface area (Å²) in [4.78, 5) is 24.5. The number of carboxylic acids is 1. The molecule has 7 bridgehead atoms. The predicted octanol–water partition coefficient (Wildman–Crippen LogP) is 2.34. The second kappa shape index (κ2) is 10.4. The van der Waals surface area contributed by atoms with E-state index in [9.17, 15) is 23.1 Å². The van der Waals surface area contributed by atoms with Crippen LogP contribution in [0, 0.1) is 6.92 Å². The summed E-state index contributed by atoms with van der Waals surface area (Å²) in [5, 5.41) is 20.2. The third-order valence-corrected chi connectivity index (χ3v) is 7.80. The van der Waals surface area contributed by atoms with Crippen molar-refractivity contribution in [1.29, 1.82) is 0 Å². The van der Waals surface area contributed by atoms with Gasteiger partial charge in [-0.05, 0) is 54.7 Å². The van der Waals surface area contributed by atoms with Gasteiger partial charge in [0.25, 0.3) is 5.91 Å². The van der Waals surface area contributed by atoms with Crippen LogP contribution in [0.5, 0.6) is 11.5 Å². The molecule has 0 fully saturated rings. The molecule has 5 rings (SSSR count). The van der Waals surface area contributed by atoms with Gasteiger partial charge < -0.3 is 19.3 Å². The van der Waals surface area contributed by atoms with Crippen molar-refractivity contribution in [2.24, 2.45) is 0 Å². The van der Waals surface area contributed by atoms with Crippen LogP contribution in [0.2, 0.25) is 0 Å². The van der Waals surface area contributed by atoms with Crippen molar-refractivity contribution in [2.75, 3.05) is 6.61 Å². The zero-order valence-electron chi connectivity index (χ0n) is 20.7. The summed E-state index contributed by atoms with van der Waals surface area (Å²) < 4.78 is 39.8. The Balaban J connectivity index is 1.52. The number of amides is 1. The van der Waals surface area contributed by atoms with E-state index < -0.39 is 28.2 Å². The number of nitrogens with zero attached hydrogens (tertiary/aromatic N) is 4. The molecule has 3 aromatic rings. The topological polar surface area (TPSA) is 153 Å². The highest BCUT2D eigenvalue weighted by molar-refractivity contribution is 7.84. The van der Waals surface area contributed by atoms with E-state index in [1.165, 1.54) is 10.5 Å². The fraction of sp³-hybridized carbons (Fsp3) is 0.360. The quantitative estimate of drug-likeness (QED) is 0.498. The van der Waals surface area contributed by atoms with Crippen LogP contribution in [0.15, 0.2) is 42.6 Å². The summed E-state index contributed by atoms with van der Waals surface area (Å²) in [6.45, 7) is 2.87. The van der Waals surface area contributed by atoms with Gasteiger partial charge in [0.15, 0.2) is 5.69 Å². The van der Waals surface area contributed by atoms with Crippen molar-refractivity contribution < 1.29 is 32.0 Å². The Morgan fingerprint density at radius 1 is 1.16 bits per heavy atom. The van der Waals surface area contributed by atoms with Crippen molar-refractivity contribution in [3.63, 3.8) is 0 Å². The lowest BCUT2D eigenvalue weighted by molar-refractivity contribution is -0.137. The van der Waals surface area contributed by atoms with Crippen LogP contribution in [0.4, 0.5) is 0 Å². The van der Waals surface area contributed by atoms with E-state index in [2.05, 4.69) is 15.6 Å². The fourth-order valence-corrected chi connectivity index (χ4v) is 5.52. The average molecular weight is 542 g/mol. The molecule has 3 heterocycles. The molecule has 0 saturated carbocycles. The third kappa shape index (κ3) is 5.63. The maximum Gasteiger partial charge on any atom is 0.385 e. The number of benzene rings is 2. The smallest absolute Gasteiger partial charge is 0.385 e. The Morgan fingerprint density at radius 2 is 1.97 bits per heavy atom. The SMILES string of the molecule is Cc1ccc2cc1CN1Cc3cc(ccc3OS1(=O)=O)OCCCCn1cc(nn1)C(=O)NC2CC(=O)O. The summed E-state index contributed by atoms with van der Waals surface area (Å²) in [7, 11) is -4.07. The minimum absolute atomic E-state index is 0.00536. The molecule has 1 amide bonds. The average Bonchev–Trinajstić information content (AvgIpc) is 3.33. The second-order valence-electron chi connectivity index (χ2n) is 9.31. The minimum Gasteiger partial charge on any atom is -0.494 e. The highest BCUT2D eigenvalue weighted by Crippen LogP contribution is 2.34. The van der Waals surface area contributed by atoms with Gasteiger partial charge in [0.05, 0.1) is 25.3 Å². The summed E-state index contributed by atoms with van der Waals surface area (Å²) in [6, 6.07) is 9.37. The molecule has 200 valence electrons. The van der Waals surface area contributed by atoms with Crippen LogP contribution in [-0.4, -0.2) is 51.3 Å². The molecular weight excluding hydrogens is 514 g/mol. The van der Waals surface area contributed by atoms with Crippen molar-refractivity contribution >= 4 is 22.2 Å². The van der Waals surface area contributed by atoms with E-state index in [-0.39, 0.29) is 31.0 Å². The molecule has 38 heavy (non-hydrogen) atoms. The van der Waals surface area contributed by atoms with Crippen LogP contribution >= 0.6 is 0 Å². The monoisotopic (exact) mass is 541 g/mol. The number of carbonyl (C=O) groups is 2. The number of carboxylic acid groups (broad SMARTS) is 1. The highest BCUT2D eigenvalue weighted by atomic mass is 32.2. The Bertz CT molecular complexity index is 1490. The Morgan fingerprint density at radius 3 is 2.79 bits per heavy atom. The van der Waals surface area contributed by atoms with Crippen molar-refractivity contribution in [2.45, 2.75) is 51.9 Å². The van der Waals surface area contributed by atoms with Crippen LogP contribution in [-0.2, 0) is 34.7 Å². The number of aryl methyl sites for hydroxylation is 2. The number of aliphatic carboxylic acids is 1. The maximum atomic E-state index is 12.9. The summed E-state index contributed by atoms with van der Waals surface area (Å²) in [5.74, 6) is -0.791. The Kier molecular flexibility index (Phi) is 7.04. The first kappa shape index (κ1) is 25.7. The van der Waals surface area contributed by atoms with Gasteiger partial charge in [-0.2, -0.15) is 12.7 Å². The van der Waals surface area contributed by atoms with Crippen LogP contribution in [0.25, 0.3) is 0 Å². The molecule has 2 unspecified atom stereocenters. The molecular formula is C25H27N5O7S. The van der Waals surface area contributed by atoms with Crippen LogP contribution < -0.4 is 14.2 Å². The minimum atomic E-state index is -4.07. The van der Waals surface area contributed by atoms with Gasteiger partial charge in [-0.3, -0.25) is 14.3 Å². The third-order valence-electron chi connectivity index (χ3n) is 6.52. The molecule has 12 nitrogen and oxygen atoms in total. The standard InChI is InChI=1S/C25H27N5O7S/c1-16-4-5-17-10-18(16)13-30-14-19-11-20(6-7-23(19)37-38(30,34)35)36-9-3-2-8-29-15-22(27-28-29)25(33)26-21(17)12-24(31)32/h4-7,10-11,15,21H,2-3,8-9,12-14H2,1H3,(H,26,33)(H,31,32). The summed E-state index contributed by atoms with van der Waals surface area (Å²) >= 11 is 0. The molecule has 13 heteroatoms. The van der Waals surface area contributed by atoms with E-state index in [0.29, 0.717) is 42.0 Å². The lowest BCUT2D eigenvalue weighted by Crippen LogP contribution is -2.37. The predicted molar refractivity (Wildman–Crippen MR) is 134 cm³/mol. The number of nitrogens with one attached hydrogen (secondary N) is 1. The first-order chi connectivity index (χ1) is 18.2. The van der Waals surface area contributed by atoms with Crippen molar-refractivity contribution in [3.05, 3.63) is 70.5 Å². The molecule has 0 aliphatic carbocycles. The molecule has 0 spiro atoms. The van der Waals surface area contributed by atoms with Gasteiger partial charge in [0, 0.05) is 25.2 Å². The first-order valence-corrected chi connectivity index (χ1v) is 13.5. The number of carbonyl (C=O) groups excluding carboxylic acids is 1. The van der Waals surface area contributed by atoms with Crippen LogP contribution in [0.3, 0.4) is 0 Å². The van der Waals surface area contributed by atoms with Crippen molar-refractivity contribution in [3.8, 4) is 11.5 Å². The number of fused-ring (bicyclic) bond motifs is 6. The van der Waals surface area contributed by atoms with E-state index in [1.54, 1.807) is 41.1 Å². The Hall–Kier alpha value is -3.97. The van der Waals surface area contributed by atoms with E-state index in [0.717, 1.165) is 12.0 Å². The number of ether oxygens (including phenoxy) is 1. The molecule has 2 atom stereocenters. The lowest BCUT2D eigenvalue weighted by Gasteiger charge is -2.29. The zero-order valence-corrected chi connectivity index (χ0v) is 21.5. The summed E-state index contributed by atoms with van der Waals surface area (Å²) in [6.07, 6.45) is 2.58. The summed E-state index contributed by atoms with van der Waals surface area (Å²) in [5.41, 5.74) is 2.72. The maximum absolute atomic E-state index is 12.9. The van der Waals surface area contributed by atoms with Gasteiger partial charge in [0.1, 0.15) is 11.5 Å². The van der Waals surface area contributed by atoms with Gasteiger partial charge in [-0.1, -0.05) is 23.4 Å². The van der Waals surface area contributed by atoms with Gasteiger partial charge in [0.2, 0.25) is 0 Å². The van der Waals surface area contributed by atoms with E-state index in [1.807, 2.05) is 6.92 Å². The molecule has 1 aromatic heterocycles. The molecule has 2 aliphatic rings. The molecule has 2 aromatic carbocycles. The van der Waals surface area contributed by atoms with Gasteiger partial charge in [-0.15, -0.1) is 5.10 Å². The molecule has 0 saturated heterocycles. The molecule has 0 radical (unpaired) electrons. The molecule has 2 N–H and O–H groups in total. The van der Waals surface area contributed by atoms with Crippen molar-refractivity contribution in [1.82, 2.24) is 24.6 Å². The number of aromatic nitrogens is 3. The fourth-order valence-electron chi connectivity index (χ4n) is 4.43. The van der Waals surface area contributed by atoms with E-state index >= 15 is 0 Å². The lowest BCUT2D eigenvalue weighted by atomic mass is 9.98. The number of rotatable bonds is 2. The molecule has 2 aliphatic heterocycles. The second-order valence-corrected chi connectivity index (χ2v) is 10.8. The number of hydrogen-bond donors (Lipinski definition) is 2. The zero-order chi connectivity index (χ0) is 26.9. The van der Waals surface area contributed by atoms with Gasteiger partial charge in [-0.25, -0.2) is 0 Å². The Labute approximate surface area is 219 Å². The first-order valence-electron chi connectivity index (χ1n) is 12.2. The van der Waals surface area contributed by atoms with E-state index in [4.69, 9.17) is 8.92 Å². The number of hydrogen-bond acceptors (Lipinski definition) is 8. The highest BCUT2D eigenvalue weighted by Gasteiger charge is 2.32. The van der Waals surface area contributed by atoms with Gasteiger partial charge >= 0.3 is 16.3 Å². The van der Waals surface area contributed by atoms with Crippen LogP contribution in [0.1, 0.15) is 58.0 Å². The largest absolute Gasteiger partial charge is 0.494 e.